The van der Waals surface area contributed by atoms with Crippen molar-refractivity contribution in [2.24, 2.45) is 0 Å². The fourth-order valence-electron chi connectivity index (χ4n) is 2.12. The first-order chi connectivity index (χ1) is 12.4. The Morgan fingerprint density at radius 1 is 1.15 bits per heavy atom. The summed E-state index contributed by atoms with van der Waals surface area (Å²) in [5, 5.41) is 10.2. The summed E-state index contributed by atoms with van der Waals surface area (Å²) in [5.74, 6) is -0.471. The standard InChI is InChI=1S/C16H12F3N5O2/c17-16(18,19)26-13-4-2-1-3-11(13)9-21-15(25)12-5-6-14(23-22-12)24-8-7-20-10-24/h1-8,10H,9H2,(H,21,25). The van der Waals surface area contributed by atoms with E-state index in [4.69, 9.17) is 0 Å². The van der Waals surface area contributed by atoms with Gasteiger partial charge in [-0.3, -0.25) is 9.36 Å². The van der Waals surface area contributed by atoms with Gasteiger partial charge in [-0.25, -0.2) is 4.98 Å². The van der Waals surface area contributed by atoms with Crippen LogP contribution in [-0.2, 0) is 6.54 Å². The number of rotatable bonds is 5. The lowest BCUT2D eigenvalue weighted by atomic mass is 10.2. The molecule has 0 spiro atoms. The van der Waals surface area contributed by atoms with Crippen molar-refractivity contribution in [2.45, 2.75) is 12.9 Å². The van der Waals surface area contributed by atoms with Gasteiger partial charge in [-0.2, -0.15) is 0 Å². The fourth-order valence-corrected chi connectivity index (χ4v) is 2.12. The molecule has 3 aromatic rings. The molecule has 3 rings (SSSR count). The van der Waals surface area contributed by atoms with Gasteiger partial charge < -0.3 is 10.1 Å². The van der Waals surface area contributed by atoms with E-state index in [1.165, 1.54) is 30.6 Å². The number of para-hydroxylation sites is 1. The molecule has 10 heteroatoms. The molecule has 7 nitrogen and oxygen atoms in total. The van der Waals surface area contributed by atoms with Crippen LogP contribution in [0.15, 0.2) is 55.1 Å². The molecule has 0 saturated heterocycles. The van der Waals surface area contributed by atoms with E-state index in [9.17, 15) is 18.0 Å². The van der Waals surface area contributed by atoms with Crippen LogP contribution in [0.1, 0.15) is 16.1 Å². The molecule has 0 radical (unpaired) electrons. The van der Waals surface area contributed by atoms with E-state index < -0.39 is 12.3 Å². The summed E-state index contributed by atoms with van der Waals surface area (Å²) in [6.45, 7) is -0.157. The Morgan fingerprint density at radius 2 is 1.96 bits per heavy atom. The third kappa shape index (κ3) is 4.35. The average molecular weight is 363 g/mol. The van der Waals surface area contributed by atoms with Gasteiger partial charge in [0.25, 0.3) is 5.91 Å². The largest absolute Gasteiger partial charge is 0.573 e. The van der Waals surface area contributed by atoms with E-state index in [2.05, 4.69) is 25.2 Å². The monoisotopic (exact) mass is 363 g/mol. The number of hydrogen-bond donors (Lipinski definition) is 1. The maximum Gasteiger partial charge on any atom is 0.573 e. The molecule has 26 heavy (non-hydrogen) atoms. The number of alkyl halides is 3. The Bertz CT molecular complexity index is 880. The van der Waals surface area contributed by atoms with Gasteiger partial charge >= 0.3 is 6.36 Å². The van der Waals surface area contributed by atoms with Crippen LogP contribution >= 0.6 is 0 Å². The van der Waals surface area contributed by atoms with Crippen molar-refractivity contribution in [2.75, 3.05) is 0 Å². The molecule has 2 heterocycles. The predicted octanol–water partition coefficient (Wildman–Crippen LogP) is 2.49. The lowest BCUT2D eigenvalue weighted by Crippen LogP contribution is -2.25. The number of imidazole rings is 1. The maximum atomic E-state index is 12.4. The summed E-state index contributed by atoms with van der Waals surface area (Å²) in [4.78, 5) is 16.0. The average Bonchev–Trinajstić information content (AvgIpc) is 3.14. The second-order valence-corrected chi connectivity index (χ2v) is 5.08. The zero-order valence-corrected chi connectivity index (χ0v) is 13.1. The summed E-state index contributed by atoms with van der Waals surface area (Å²) in [7, 11) is 0. The molecule has 134 valence electrons. The number of hydrogen-bond acceptors (Lipinski definition) is 5. The minimum atomic E-state index is -4.81. The zero-order chi connectivity index (χ0) is 18.6. The maximum absolute atomic E-state index is 12.4. The van der Waals surface area contributed by atoms with Crippen LogP contribution in [0, 0.1) is 0 Å². The van der Waals surface area contributed by atoms with Crippen LogP contribution < -0.4 is 10.1 Å². The third-order valence-corrected chi connectivity index (χ3v) is 3.29. The lowest BCUT2D eigenvalue weighted by molar-refractivity contribution is -0.274. The van der Waals surface area contributed by atoms with Gasteiger partial charge in [0.2, 0.25) is 0 Å². The predicted molar refractivity (Wildman–Crippen MR) is 83.4 cm³/mol. The van der Waals surface area contributed by atoms with E-state index in [1.807, 2.05) is 0 Å². The van der Waals surface area contributed by atoms with Crippen LogP contribution in [-0.4, -0.2) is 32.0 Å². The molecule has 0 atom stereocenters. The molecule has 0 aliphatic heterocycles. The summed E-state index contributed by atoms with van der Waals surface area (Å²) in [6.07, 6.45) is -0.0415. The number of benzene rings is 1. The van der Waals surface area contributed by atoms with E-state index >= 15 is 0 Å². The van der Waals surface area contributed by atoms with E-state index in [0.717, 1.165) is 0 Å². The molecule has 0 fully saturated rings. The van der Waals surface area contributed by atoms with Gasteiger partial charge in [-0.1, -0.05) is 18.2 Å². The minimum absolute atomic E-state index is 0.0306. The van der Waals surface area contributed by atoms with Crippen molar-refractivity contribution in [3.63, 3.8) is 0 Å². The molecule has 1 aromatic carbocycles. The number of aromatic nitrogens is 4. The van der Waals surface area contributed by atoms with Crippen LogP contribution in [0.25, 0.3) is 5.82 Å². The van der Waals surface area contributed by atoms with Gasteiger partial charge in [0.05, 0.1) is 0 Å². The van der Waals surface area contributed by atoms with Crippen LogP contribution in [0.3, 0.4) is 0 Å². The Labute approximate surface area is 145 Å². The molecule has 0 aliphatic carbocycles. The minimum Gasteiger partial charge on any atom is -0.405 e. The number of nitrogens with zero attached hydrogens (tertiary/aromatic N) is 4. The second-order valence-electron chi connectivity index (χ2n) is 5.08. The molecule has 0 aliphatic rings. The van der Waals surface area contributed by atoms with Gasteiger partial charge in [-0.05, 0) is 18.2 Å². The first-order valence-corrected chi connectivity index (χ1v) is 7.36. The van der Waals surface area contributed by atoms with Gasteiger partial charge in [-0.15, -0.1) is 23.4 Å². The van der Waals surface area contributed by atoms with Crippen LogP contribution in [0.2, 0.25) is 0 Å². The molecule has 1 N–H and O–H groups in total. The normalized spacial score (nSPS) is 11.2. The molecule has 2 aromatic heterocycles. The second kappa shape index (κ2) is 7.21. The highest BCUT2D eigenvalue weighted by Gasteiger charge is 2.32. The quantitative estimate of drug-likeness (QED) is 0.753. The van der Waals surface area contributed by atoms with Crippen molar-refractivity contribution in [3.05, 3.63) is 66.4 Å². The fraction of sp³-hybridized carbons (Fsp3) is 0.125. The summed E-state index contributed by atoms with van der Waals surface area (Å²) >= 11 is 0. The van der Waals surface area contributed by atoms with Crippen molar-refractivity contribution in [1.29, 1.82) is 0 Å². The number of carbonyl (C=O) groups is 1. The van der Waals surface area contributed by atoms with Crippen molar-refractivity contribution >= 4 is 5.91 Å². The van der Waals surface area contributed by atoms with E-state index in [0.29, 0.717) is 5.82 Å². The van der Waals surface area contributed by atoms with Crippen LogP contribution in [0.5, 0.6) is 5.75 Å². The number of amides is 1. The highest BCUT2D eigenvalue weighted by Crippen LogP contribution is 2.26. The topological polar surface area (TPSA) is 81.9 Å². The number of halogens is 3. The van der Waals surface area contributed by atoms with Gasteiger partial charge in [0.1, 0.15) is 12.1 Å². The highest BCUT2D eigenvalue weighted by molar-refractivity contribution is 5.92. The van der Waals surface area contributed by atoms with Gasteiger partial charge in [0.15, 0.2) is 11.5 Å². The first kappa shape index (κ1) is 17.4. The Kier molecular flexibility index (Phi) is 4.83. The molecule has 1 amide bonds. The van der Waals surface area contributed by atoms with Crippen molar-refractivity contribution < 1.29 is 22.7 Å². The Hall–Kier alpha value is -3.43. The van der Waals surface area contributed by atoms with E-state index in [1.54, 1.807) is 29.1 Å². The molecule has 0 bridgehead atoms. The molecular formula is C16H12F3N5O2. The van der Waals surface area contributed by atoms with Crippen molar-refractivity contribution in [1.82, 2.24) is 25.1 Å². The smallest absolute Gasteiger partial charge is 0.405 e. The number of carbonyl (C=O) groups excluding carboxylic acids is 1. The Morgan fingerprint density at radius 3 is 2.62 bits per heavy atom. The number of ether oxygens (including phenoxy) is 1. The molecule has 0 saturated carbocycles. The molecular weight excluding hydrogens is 351 g/mol. The van der Waals surface area contributed by atoms with Gasteiger partial charge in [0, 0.05) is 24.5 Å². The highest BCUT2D eigenvalue weighted by atomic mass is 19.4. The first-order valence-electron chi connectivity index (χ1n) is 7.36. The summed E-state index contributed by atoms with van der Waals surface area (Å²) in [6, 6.07) is 8.58. The van der Waals surface area contributed by atoms with Crippen LogP contribution in [0.4, 0.5) is 13.2 Å². The lowest BCUT2D eigenvalue weighted by Gasteiger charge is -2.13. The van der Waals surface area contributed by atoms with Crippen molar-refractivity contribution in [3.8, 4) is 11.6 Å². The summed E-state index contributed by atoms with van der Waals surface area (Å²) < 4.78 is 42.8. The Balaban J connectivity index is 1.66. The number of nitrogens with one attached hydrogen (secondary N) is 1. The van der Waals surface area contributed by atoms with E-state index in [-0.39, 0.29) is 23.6 Å². The third-order valence-electron chi connectivity index (χ3n) is 3.29. The zero-order valence-electron chi connectivity index (χ0n) is 13.1. The SMILES string of the molecule is O=C(NCc1ccccc1OC(F)(F)F)c1ccc(-n2ccnc2)nn1. The molecule has 0 unspecified atom stereocenters. The summed E-state index contributed by atoms with van der Waals surface area (Å²) in [5.41, 5.74) is 0.212.